The van der Waals surface area contributed by atoms with Gasteiger partial charge in [-0.3, -0.25) is 9.48 Å². The Hall–Kier alpha value is -1.36. The molecule has 1 N–H and O–H groups in total. The van der Waals surface area contributed by atoms with E-state index >= 15 is 0 Å². The second kappa shape index (κ2) is 5.79. The van der Waals surface area contributed by atoms with Gasteiger partial charge in [-0.2, -0.15) is 5.10 Å². The Morgan fingerprint density at radius 2 is 2.10 bits per heavy atom. The Kier molecular flexibility index (Phi) is 4.02. The summed E-state index contributed by atoms with van der Waals surface area (Å²) in [6.45, 7) is 1.86. The van der Waals surface area contributed by atoms with Crippen molar-refractivity contribution in [2.75, 3.05) is 20.1 Å². The summed E-state index contributed by atoms with van der Waals surface area (Å²) in [6, 6.07) is -0.266. The molecule has 2 heterocycles. The van der Waals surface area contributed by atoms with Crippen molar-refractivity contribution in [1.29, 1.82) is 0 Å². The topological polar surface area (TPSA) is 50.2 Å². The minimum Gasteiger partial charge on any atom is -0.340 e. The van der Waals surface area contributed by atoms with Crippen LogP contribution in [0.4, 0.5) is 0 Å². The lowest BCUT2D eigenvalue weighted by Gasteiger charge is -2.33. The van der Waals surface area contributed by atoms with Crippen molar-refractivity contribution in [3.8, 4) is 0 Å². The first-order valence-electron chi connectivity index (χ1n) is 8.08. The molecule has 2 fully saturated rings. The number of hydrogen-bond donors (Lipinski definition) is 1. The average molecular weight is 290 g/mol. The van der Waals surface area contributed by atoms with Crippen molar-refractivity contribution in [3.05, 3.63) is 18.0 Å². The smallest absolute Gasteiger partial charge is 0.244 e. The van der Waals surface area contributed by atoms with E-state index < -0.39 is 0 Å². The zero-order valence-electron chi connectivity index (χ0n) is 13.1. The Morgan fingerprint density at radius 1 is 1.33 bits per heavy atom. The number of likely N-dealkylation sites (N-methyl/N-ethyl adjacent to an activating group) is 1. The quantitative estimate of drug-likeness (QED) is 0.924. The number of nitrogens with zero attached hydrogens (tertiary/aromatic N) is 3. The first kappa shape index (κ1) is 14.6. The Labute approximate surface area is 126 Å². The number of carbonyl (C=O) groups is 1. The van der Waals surface area contributed by atoms with Gasteiger partial charge in [0.05, 0.1) is 6.20 Å². The van der Waals surface area contributed by atoms with Crippen LogP contribution in [0.25, 0.3) is 0 Å². The van der Waals surface area contributed by atoms with Gasteiger partial charge in [-0.15, -0.1) is 0 Å². The number of aryl methyl sites for hydroxylation is 1. The van der Waals surface area contributed by atoms with Crippen LogP contribution in [0.15, 0.2) is 12.4 Å². The minimum absolute atomic E-state index is 0.202. The third kappa shape index (κ3) is 2.84. The van der Waals surface area contributed by atoms with E-state index in [0.717, 1.165) is 18.7 Å². The number of nitrogens with one attached hydrogen (secondary N) is 1. The van der Waals surface area contributed by atoms with Crippen LogP contribution in [0.1, 0.15) is 50.1 Å². The van der Waals surface area contributed by atoms with Gasteiger partial charge in [0.15, 0.2) is 0 Å². The monoisotopic (exact) mass is 290 g/mol. The van der Waals surface area contributed by atoms with Crippen molar-refractivity contribution in [2.24, 2.45) is 12.5 Å². The third-order valence-corrected chi connectivity index (χ3v) is 5.26. The van der Waals surface area contributed by atoms with E-state index in [4.69, 9.17) is 0 Å². The molecule has 1 saturated carbocycles. The molecule has 5 heteroatoms. The maximum absolute atomic E-state index is 12.8. The molecule has 2 aliphatic rings. The van der Waals surface area contributed by atoms with Gasteiger partial charge < -0.3 is 10.2 Å². The molecule has 1 unspecified atom stereocenters. The maximum atomic E-state index is 12.8. The number of amides is 1. The van der Waals surface area contributed by atoms with Crippen LogP contribution in [-0.4, -0.2) is 40.7 Å². The zero-order chi connectivity index (χ0) is 14.9. The van der Waals surface area contributed by atoms with Crippen LogP contribution in [0.2, 0.25) is 0 Å². The third-order valence-electron chi connectivity index (χ3n) is 5.26. The number of carbonyl (C=O) groups excluding carboxylic acids is 1. The minimum atomic E-state index is -0.266. The normalized spacial score (nSPS) is 22.7. The van der Waals surface area contributed by atoms with E-state index in [-0.39, 0.29) is 11.9 Å². The van der Waals surface area contributed by atoms with E-state index in [1.165, 1.54) is 38.5 Å². The summed E-state index contributed by atoms with van der Waals surface area (Å²) in [4.78, 5) is 14.9. The first-order chi connectivity index (χ1) is 10.1. The van der Waals surface area contributed by atoms with E-state index in [9.17, 15) is 4.79 Å². The van der Waals surface area contributed by atoms with Gasteiger partial charge in [-0.1, -0.05) is 19.3 Å². The van der Waals surface area contributed by atoms with Gasteiger partial charge in [-0.05, 0) is 31.7 Å². The fourth-order valence-electron chi connectivity index (χ4n) is 4.04. The molecule has 1 aromatic rings. The van der Waals surface area contributed by atoms with Crippen molar-refractivity contribution in [3.63, 3.8) is 0 Å². The summed E-state index contributed by atoms with van der Waals surface area (Å²) in [5.41, 5.74) is 1.37. The molecule has 1 atom stereocenters. The molecule has 116 valence electrons. The standard InChI is InChI=1S/C16H26N4O/c1-17-14(13-10-18-19(2)11-13)15(21)20-9-8-16(12-20)6-4-3-5-7-16/h10-11,14,17H,3-9,12H2,1-2H3. The van der Waals surface area contributed by atoms with Crippen molar-refractivity contribution in [2.45, 2.75) is 44.6 Å². The summed E-state index contributed by atoms with van der Waals surface area (Å²) in [5.74, 6) is 0.202. The van der Waals surface area contributed by atoms with E-state index in [1.807, 2.05) is 20.3 Å². The Morgan fingerprint density at radius 3 is 2.71 bits per heavy atom. The van der Waals surface area contributed by atoms with Gasteiger partial charge in [0, 0.05) is 31.9 Å². The molecule has 1 aromatic heterocycles. The fraction of sp³-hybridized carbons (Fsp3) is 0.750. The summed E-state index contributed by atoms with van der Waals surface area (Å²) >= 11 is 0. The predicted octanol–water partition coefficient (Wildman–Crippen LogP) is 1.86. The SMILES string of the molecule is CNC(C(=O)N1CCC2(CCCCC2)C1)c1cnn(C)c1. The van der Waals surface area contributed by atoms with E-state index in [1.54, 1.807) is 10.9 Å². The highest BCUT2D eigenvalue weighted by Gasteiger charge is 2.41. The van der Waals surface area contributed by atoms with E-state index in [0.29, 0.717) is 5.41 Å². The molecule has 0 bridgehead atoms. The number of hydrogen-bond acceptors (Lipinski definition) is 3. The van der Waals surface area contributed by atoms with Gasteiger partial charge >= 0.3 is 0 Å². The van der Waals surface area contributed by atoms with Crippen LogP contribution in [0, 0.1) is 5.41 Å². The zero-order valence-corrected chi connectivity index (χ0v) is 13.1. The van der Waals surface area contributed by atoms with Crippen molar-refractivity contribution in [1.82, 2.24) is 20.0 Å². The lowest BCUT2D eigenvalue weighted by molar-refractivity contribution is -0.133. The van der Waals surface area contributed by atoms with Crippen LogP contribution in [0.5, 0.6) is 0 Å². The molecule has 1 saturated heterocycles. The molecule has 0 aromatic carbocycles. The molecule has 1 spiro atoms. The Balaban J connectivity index is 1.70. The average Bonchev–Trinajstić information content (AvgIpc) is 3.08. The molecule has 0 radical (unpaired) electrons. The van der Waals surface area contributed by atoms with Crippen LogP contribution in [-0.2, 0) is 11.8 Å². The predicted molar refractivity (Wildman–Crippen MR) is 81.7 cm³/mol. The van der Waals surface area contributed by atoms with E-state index in [2.05, 4.69) is 15.3 Å². The summed E-state index contributed by atoms with van der Waals surface area (Å²) in [5, 5.41) is 7.34. The van der Waals surface area contributed by atoms with Gasteiger partial charge in [0.25, 0.3) is 0 Å². The molecular weight excluding hydrogens is 264 g/mol. The number of likely N-dealkylation sites (tertiary alicyclic amines) is 1. The lowest BCUT2D eigenvalue weighted by atomic mass is 9.73. The maximum Gasteiger partial charge on any atom is 0.244 e. The highest BCUT2D eigenvalue weighted by molar-refractivity contribution is 5.83. The highest BCUT2D eigenvalue weighted by Crippen LogP contribution is 2.44. The van der Waals surface area contributed by atoms with Gasteiger partial charge in [0.1, 0.15) is 6.04 Å². The Bertz CT molecular complexity index is 504. The second-order valence-electron chi connectivity index (χ2n) is 6.74. The van der Waals surface area contributed by atoms with Gasteiger partial charge in [0.2, 0.25) is 5.91 Å². The molecule has 1 aliphatic carbocycles. The number of rotatable bonds is 3. The van der Waals surface area contributed by atoms with Crippen molar-refractivity contribution >= 4 is 5.91 Å². The van der Waals surface area contributed by atoms with Crippen LogP contribution in [0.3, 0.4) is 0 Å². The molecule has 1 aliphatic heterocycles. The molecular formula is C16H26N4O. The number of aromatic nitrogens is 2. The first-order valence-corrected chi connectivity index (χ1v) is 8.08. The summed E-state index contributed by atoms with van der Waals surface area (Å²) in [7, 11) is 3.73. The van der Waals surface area contributed by atoms with Crippen molar-refractivity contribution < 1.29 is 4.79 Å². The molecule has 5 nitrogen and oxygen atoms in total. The lowest BCUT2D eigenvalue weighted by Crippen LogP contribution is -2.40. The van der Waals surface area contributed by atoms with Crippen LogP contribution < -0.4 is 5.32 Å². The summed E-state index contributed by atoms with van der Waals surface area (Å²) in [6.07, 6.45) is 11.5. The molecule has 1 amide bonds. The van der Waals surface area contributed by atoms with Crippen LogP contribution >= 0.6 is 0 Å². The molecule has 3 rings (SSSR count). The van der Waals surface area contributed by atoms with Gasteiger partial charge in [-0.25, -0.2) is 0 Å². The highest BCUT2D eigenvalue weighted by atomic mass is 16.2. The largest absolute Gasteiger partial charge is 0.340 e. The second-order valence-corrected chi connectivity index (χ2v) is 6.74. The fourth-order valence-corrected chi connectivity index (χ4v) is 4.04. The molecule has 21 heavy (non-hydrogen) atoms. The summed E-state index contributed by atoms with van der Waals surface area (Å²) < 4.78 is 1.75.